The molecule has 0 bridgehead atoms. The summed E-state index contributed by atoms with van der Waals surface area (Å²) in [5.74, 6) is -1.40. The highest BCUT2D eigenvalue weighted by Crippen LogP contribution is 2.20. The molecule has 116 valence electrons. The smallest absolute Gasteiger partial charge is 0.305 e. The molecule has 2 amide bonds. The largest absolute Gasteiger partial charge is 0.481 e. The van der Waals surface area contributed by atoms with Crippen LogP contribution in [-0.4, -0.2) is 34.4 Å². The number of carboxylic acids is 1. The Morgan fingerprint density at radius 1 is 1.33 bits per heavy atom. The molecule has 1 aromatic heterocycles. The zero-order valence-electron chi connectivity index (χ0n) is 12.2. The second-order valence-electron chi connectivity index (χ2n) is 5.52. The van der Waals surface area contributed by atoms with Crippen molar-refractivity contribution in [2.24, 2.45) is 5.41 Å². The number of amides is 2. The lowest BCUT2D eigenvalue weighted by molar-refractivity contribution is -0.137. The van der Waals surface area contributed by atoms with E-state index in [4.69, 9.17) is 5.11 Å². The molecule has 0 fully saturated rings. The van der Waals surface area contributed by atoms with Gasteiger partial charge < -0.3 is 15.7 Å². The van der Waals surface area contributed by atoms with Gasteiger partial charge in [-0.05, 0) is 0 Å². The summed E-state index contributed by atoms with van der Waals surface area (Å²) in [6.45, 7) is 5.48. The molecule has 0 aliphatic carbocycles. The molecule has 0 saturated heterocycles. The number of hydrogen-bond donors (Lipinski definition) is 3. The van der Waals surface area contributed by atoms with Crippen molar-refractivity contribution in [1.29, 1.82) is 0 Å². The lowest BCUT2D eigenvalue weighted by atomic mass is 9.96. The van der Waals surface area contributed by atoms with Crippen LogP contribution in [0.2, 0.25) is 0 Å². The third-order valence-electron chi connectivity index (χ3n) is 2.46. The number of nitrogens with zero attached hydrogens (tertiary/aromatic N) is 1. The molecule has 0 radical (unpaired) electrons. The summed E-state index contributed by atoms with van der Waals surface area (Å²) < 4.78 is 0. The number of aliphatic carboxylic acids is 1. The fourth-order valence-corrected chi connectivity index (χ4v) is 1.97. The molecule has 1 rings (SSSR count). The van der Waals surface area contributed by atoms with E-state index in [1.807, 2.05) is 0 Å². The van der Waals surface area contributed by atoms with Gasteiger partial charge in [-0.2, -0.15) is 0 Å². The highest BCUT2D eigenvalue weighted by molar-refractivity contribution is 7.13. The minimum atomic E-state index is -0.962. The van der Waals surface area contributed by atoms with Crippen LogP contribution in [0, 0.1) is 5.41 Å². The number of carbonyl (C=O) groups excluding carboxylic acids is 2. The Kier molecular flexibility index (Phi) is 5.83. The molecule has 3 N–H and O–H groups in total. The van der Waals surface area contributed by atoms with E-state index in [9.17, 15) is 14.4 Å². The Morgan fingerprint density at radius 2 is 2.00 bits per heavy atom. The normalized spacial score (nSPS) is 11.0. The van der Waals surface area contributed by atoms with E-state index in [2.05, 4.69) is 15.6 Å². The highest BCUT2D eigenvalue weighted by atomic mass is 32.1. The van der Waals surface area contributed by atoms with Gasteiger partial charge in [-0.15, -0.1) is 11.3 Å². The molecule has 0 atom stereocenters. The summed E-state index contributed by atoms with van der Waals surface area (Å²) in [7, 11) is 0. The minimum Gasteiger partial charge on any atom is -0.481 e. The Hall–Kier alpha value is -1.96. The van der Waals surface area contributed by atoms with Crippen molar-refractivity contribution in [3.05, 3.63) is 11.1 Å². The summed E-state index contributed by atoms with van der Waals surface area (Å²) >= 11 is 1.25. The molecule has 0 unspecified atom stereocenters. The van der Waals surface area contributed by atoms with Crippen molar-refractivity contribution in [2.75, 3.05) is 11.9 Å². The molecule has 0 spiro atoms. The van der Waals surface area contributed by atoms with Crippen molar-refractivity contribution in [3.63, 3.8) is 0 Å². The van der Waals surface area contributed by atoms with Gasteiger partial charge in [0.1, 0.15) is 0 Å². The molecule has 21 heavy (non-hydrogen) atoms. The van der Waals surface area contributed by atoms with E-state index in [0.717, 1.165) is 0 Å². The number of anilines is 1. The van der Waals surface area contributed by atoms with Gasteiger partial charge >= 0.3 is 5.97 Å². The maximum absolute atomic E-state index is 11.8. The van der Waals surface area contributed by atoms with Crippen LogP contribution in [0.15, 0.2) is 5.38 Å². The van der Waals surface area contributed by atoms with Crippen molar-refractivity contribution in [3.8, 4) is 0 Å². The first-order valence-electron chi connectivity index (χ1n) is 6.43. The van der Waals surface area contributed by atoms with Crippen LogP contribution in [0.3, 0.4) is 0 Å². The average Bonchev–Trinajstić information content (AvgIpc) is 2.74. The third-order valence-corrected chi connectivity index (χ3v) is 3.26. The summed E-state index contributed by atoms with van der Waals surface area (Å²) in [6.07, 6.45) is -0.0583. The van der Waals surface area contributed by atoms with Crippen LogP contribution in [-0.2, 0) is 20.8 Å². The molecule has 0 aliphatic rings. The average molecular weight is 313 g/mol. The van der Waals surface area contributed by atoms with E-state index in [1.165, 1.54) is 11.3 Å². The first-order chi connectivity index (χ1) is 9.68. The van der Waals surface area contributed by atoms with Crippen LogP contribution in [0.1, 0.15) is 32.9 Å². The molecule has 8 heteroatoms. The molecule has 0 aromatic carbocycles. The Bertz CT molecular complexity index is 534. The minimum absolute atomic E-state index is 0.0571. The van der Waals surface area contributed by atoms with Gasteiger partial charge in [-0.1, -0.05) is 20.8 Å². The number of carbonyl (C=O) groups is 3. The maximum atomic E-state index is 11.8. The number of nitrogens with one attached hydrogen (secondary N) is 2. The number of hydrogen-bond acceptors (Lipinski definition) is 5. The van der Waals surface area contributed by atoms with E-state index >= 15 is 0 Å². The molecule has 7 nitrogen and oxygen atoms in total. The zero-order valence-corrected chi connectivity index (χ0v) is 13.0. The van der Waals surface area contributed by atoms with E-state index < -0.39 is 11.4 Å². The van der Waals surface area contributed by atoms with Crippen LogP contribution in [0.25, 0.3) is 0 Å². The Balaban J connectivity index is 2.46. The number of thiazole rings is 1. The van der Waals surface area contributed by atoms with Crippen LogP contribution < -0.4 is 10.6 Å². The number of aromatic nitrogens is 1. The first-order valence-corrected chi connectivity index (χ1v) is 7.31. The second-order valence-corrected chi connectivity index (χ2v) is 6.38. The van der Waals surface area contributed by atoms with Crippen LogP contribution >= 0.6 is 11.3 Å². The van der Waals surface area contributed by atoms with Gasteiger partial charge in [-0.25, -0.2) is 4.98 Å². The van der Waals surface area contributed by atoms with Gasteiger partial charge in [0.15, 0.2) is 5.13 Å². The lowest BCUT2D eigenvalue weighted by Gasteiger charge is -2.15. The molecule has 1 heterocycles. The number of rotatable bonds is 6. The Labute approximate surface area is 126 Å². The maximum Gasteiger partial charge on any atom is 0.305 e. The van der Waals surface area contributed by atoms with Crippen LogP contribution in [0.4, 0.5) is 5.13 Å². The van der Waals surface area contributed by atoms with Crippen molar-refractivity contribution >= 4 is 34.3 Å². The number of carboxylic acid groups (broad SMARTS) is 1. The predicted octanol–water partition coefficient (Wildman–Crippen LogP) is 1.26. The molecular weight excluding hydrogens is 294 g/mol. The fourth-order valence-electron chi connectivity index (χ4n) is 1.27. The summed E-state index contributed by atoms with van der Waals surface area (Å²) in [5.41, 5.74) is 0.0251. The van der Waals surface area contributed by atoms with Crippen molar-refractivity contribution in [1.82, 2.24) is 10.3 Å². The summed E-state index contributed by atoms with van der Waals surface area (Å²) in [4.78, 5) is 37.8. The highest BCUT2D eigenvalue weighted by Gasteiger charge is 2.22. The molecule has 0 aliphatic heterocycles. The summed E-state index contributed by atoms with van der Waals surface area (Å²) in [5, 5.41) is 15.8. The van der Waals surface area contributed by atoms with E-state index in [0.29, 0.717) is 10.8 Å². The molecule has 0 saturated carbocycles. The summed E-state index contributed by atoms with van der Waals surface area (Å²) in [6, 6.07) is 0. The van der Waals surface area contributed by atoms with Gasteiger partial charge in [0.25, 0.3) is 0 Å². The van der Waals surface area contributed by atoms with Crippen LogP contribution in [0.5, 0.6) is 0 Å². The van der Waals surface area contributed by atoms with Gasteiger partial charge in [0.2, 0.25) is 11.8 Å². The van der Waals surface area contributed by atoms with Gasteiger partial charge in [0, 0.05) is 17.3 Å². The second kappa shape index (κ2) is 7.16. The monoisotopic (exact) mass is 313 g/mol. The van der Waals surface area contributed by atoms with E-state index in [-0.39, 0.29) is 31.2 Å². The molecular formula is C13H19N3O4S. The van der Waals surface area contributed by atoms with E-state index in [1.54, 1.807) is 26.2 Å². The van der Waals surface area contributed by atoms with Crippen molar-refractivity contribution in [2.45, 2.75) is 33.6 Å². The SMILES string of the molecule is CC(C)(C)C(=O)Nc1nc(CC(=O)NCCC(=O)O)cs1. The Morgan fingerprint density at radius 3 is 2.57 bits per heavy atom. The molecule has 1 aromatic rings. The first kappa shape index (κ1) is 17.1. The predicted molar refractivity (Wildman–Crippen MR) is 79.2 cm³/mol. The standard InChI is InChI=1S/C13H19N3O4S/c1-13(2,3)11(20)16-12-15-8(7-21-12)6-9(17)14-5-4-10(18)19/h7H,4-6H2,1-3H3,(H,14,17)(H,18,19)(H,15,16,20). The third kappa shape index (κ3) is 6.35. The topological polar surface area (TPSA) is 108 Å². The van der Waals surface area contributed by atoms with Crippen molar-refractivity contribution < 1.29 is 19.5 Å². The zero-order chi connectivity index (χ0) is 16.0. The lowest BCUT2D eigenvalue weighted by Crippen LogP contribution is -2.28. The quantitative estimate of drug-likeness (QED) is 0.732. The van der Waals surface area contributed by atoms with Gasteiger partial charge in [-0.3, -0.25) is 14.4 Å². The van der Waals surface area contributed by atoms with Gasteiger partial charge in [0.05, 0.1) is 18.5 Å². The fraction of sp³-hybridized carbons (Fsp3) is 0.538.